The Morgan fingerprint density at radius 2 is 2.39 bits per heavy atom. The topological polar surface area (TPSA) is 33.2 Å². The predicted molar refractivity (Wildman–Crippen MR) is 75.9 cm³/mol. The van der Waals surface area contributed by atoms with Crippen LogP contribution >= 0.6 is 27.5 Å². The van der Waals surface area contributed by atoms with Gasteiger partial charge in [0.25, 0.3) is 5.91 Å². The summed E-state index contributed by atoms with van der Waals surface area (Å²) in [6, 6.07) is 2.17. The number of aromatic nitrogens is 1. The maximum Gasteiger partial charge on any atom is 0.255 e. The molecule has 1 aliphatic heterocycles. The lowest BCUT2D eigenvalue weighted by molar-refractivity contribution is 0.0729. The van der Waals surface area contributed by atoms with E-state index >= 15 is 0 Å². The van der Waals surface area contributed by atoms with Crippen molar-refractivity contribution in [1.82, 2.24) is 9.88 Å². The van der Waals surface area contributed by atoms with Gasteiger partial charge in [-0.25, -0.2) is 0 Å². The number of hydrogen-bond donors (Lipinski definition) is 0. The number of hydrogen-bond acceptors (Lipinski definition) is 2. The van der Waals surface area contributed by atoms with E-state index in [1.807, 2.05) is 11.0 Å². The Kier molecular flexibility index (Phi) is 5.01. The summed E-state index contributed by atoms with van der Waals surface area (Å²) in [7, 11) is 0. The van der Waals surface area contributed by atoms with Crippen LogP contribution in [0.1, 0.15) is 36.0 Å². The van der Waals surface area contributed by atoms with Crippen LogP contribution in [0.4, 0.5) is 0 Å². The molecule has 0 aromatic carbocycles. The smallest absolute Gasteiger partial charge is 0.255 e. The van der Waals surface area contributed by atoms with E-state index in [9.17, 15) is 4.79 Å². The van der Waals surface area contributed by atoms with Crippen LogP contribution in [0.2, 0.25) is 0 Å². The minimum Gasteiger partial charge on any atom is -0.336 e. The molecule has 0 bridgehead atoms. The Bertz CT molecular complexity index is 427. The number of pyridine rings is 1. The van der Waals surface area contributed by atoms with Crippen molar-refractivity contribution < 1.29 is 4.79 Å². The Morgan fingerprint density at radius 1 is 1.56 bits per heavy atom. The molecule has 98 valence electrons. The highest BCUT2D eigenvalue weighted by Crippen LogP contribution is 2.24. The van der Waals surface area contributed by atoms with Gasteiger partial charge in [0.1, 0.15) is 0 Å². The van der Waals surface area contributed by atoms with Crippen molar-refractivity contribution in [3.05, 3.63) is 28.5 Å². The quantitative estimate of drug-likeness (QED) is 0.792. The van der Waals surface area contributed by atoms with Gasteiger partial charge in [-0.2, -0.15) is 0 Å². The third-order valence-electron chi connectivity index (χ3n) is 3.26. The van der Waals surface area contributed by atoms with E-state index in [2.05, 4.69) is 20.9 Å². The number of carbonyl (C=O) groups is 1. The van der Waals surface area contributed by atoms with E-state index in [4.69, 9.17) is 11.6 Å². The second-order valence-corrected chi connectivity index (χ2v) is 5.81. The average molecular weight is 332 g/mol. The number of nitrogens with zero attached hydrogens (tertiary/aromatic N) is 2. The molecule has 2 heterocycles. The van der Waals surface area contributed by atoms with Crippen molar-refractivity contribution in [2.75, 3.05) is 12.4 Å². The van der Waals surface area contributed by atoms with Crippen molar-refractivity contribution in [2.24, 2.45) is 0 Å². The Balaban J connectivity index is 2.08. The van der Waals surface area contributed by atoms with Gasteiger partial charge in [0, 0.05) is 35.3 Å². The normalized spacial score (nSPS) is 19.2. The fourth-order valence-corrected chi connectivity index (χ4v) is 2.93. The first kappa shape index (κ1) is 13.8. The first-order valence-electron chi connectivity index (χ1n) is 6.20. The standard InChI is InChI=1S/C13H16BrClN2O/c14-11-7-10(8-16-9-11)13(18)17-6-2-4-12(17)3-1-5-15/h7-9,12H,1-6H2. The Hall–Kier alpha value is -0.610. The number of alkyl halides is 1. The van der Waals surface area contributed by atoms with Gasteiger partial charge in [-0.05, 0) is 47.7 Å². The summed E-state index contributed by atoms with van der Waals surface area (Å²) in [5.74, 6) is 0.748. The first-order valence-corrected chi connectivity index (χ1v) is 7.52. The molecule has 0 aliphatic carbocycles. The Morgan fingerprint density at radius 3 is 3.11 bits per heavy atom. The zero-order chi connectivity index (χ0) is 13.0. The zero-order valence-corrected chi connectivity index (χ0v) is 12.5. The van der Waals surface area contributed by atoms with Crippen molar-refractivity contribution in [3.8, 4) is 0 Å². The molecule has 0 spiro atoms. The van der Waals surface area contributed by atoms with E-state index in [0.29, 0.717) is 17.5 Å². The van der Waals surface area contributed by atoms with Gasteiger partial charge in [0.2, 0.25) is 0 Å². The molecule has 2 rings (SSSR count). The summed E-state index contributed by atoms with van der Waals surface area (Å²) in [6.45, 7) is 0.846. The van der Waals surface area contributed by atoms with Crippen molar-refractivity contribution in [2.45, 2.75) is 31.7 Å². The highest BCUT2D eigenvalue weighted by Gasteiger charge is 2.28. The maximum atomic E-state index is 12.4. The van der Waals surface area contributed by atoms with Crippen LogP contribution in [0.15, 0.2) is 22.9 Å². The van der Waals surface area contributed by atoms with Crippen LogP contribution in [0.5, 0.6) is 0 Å². The van der Waals surface area contributed by atoms with E-state index in [0.717, 1.165) is 36.7 Å². The van der Waals surface area contributed by atoms with Crippen LogP contribution in [0, 0.1) is 0 Å². The maximum absolute atomic E-state index is 12.4. The molecular weight excluding hydrogens is 316 g/mol. The van der Waals surface area contributed by atoms with Gasteiger partial charge in [0.05, 0.1) is 5.56 Å². The third-order valence-corrected chi connectivity index (χ3v) is 3.96. The zero-order valence-electron chi connectivity index (χ0n) is 10.1. The van der Waals surface area contributed by atoms with Crippen LogP contribution < -0.4 is 0 Å². The molecule has 1 aliphatic rings. The number of likely N-dealkylation sites (tertiary alicyclic amines) is 1. The summed E-state index contributed by atoms with van der Waals surface area (Å²) in [5.41, 5.74) is 0.655. The van der Waals surface area contributed by atoms with Gasteiger partial charge >= 0.3 is 0 Å². The lowest BCUT2D eigenvalue weighted by atomic mass is 10.1. The van der Waals surface area contributed by atoms with Crippen molar-refractivity contribution >= 4 is 33.4 Å². The summed E-state index contributed by atoms with van der Waals surface area (Å²) in [6.07, 6.45) is 7.45. The monoisotopic (exact) mass is 330 g/mol. The number of rotatable bonds is 4. The molecule has 18 heavy (non-hydrogen) atoms. The molecule has 5 heteroatoms. The summed E-state index contributed by atoms with van der Waals surface area (Å²) >= 11 is 9.07. The summed E-state index contributed by atoms with van der Waals surface area (Å²) in [5, 5.41) is 0. The van der Waals surface area contributed by atoms with E-state index in [1.165, 1.54) is 0 Å². The van der Waals surface area contributed by atoms with Gasteiger partial charge in [0.15, 0.2) is 0 Å². The number of halogens is 2. The SMILES string of the molecule is O=C(c1cncc(Br)c1)N1CCCC1CCCCl. The van der Waals surface area contributed by atoms with Crippen LogP contribution in [0.3, 0.4) is 0 Å². The summed E-state index contributed by atoms with van der Waals surface area (Å²) < 4.78 is 0.838. The largest absolute Gasteiger partial charge is 0.336 e. The lowest BCUT2D eigenvalue weighted by Crippen LogP contribution is -2.35. The Labute approximate surface area is 121 Å². The molecule has 0 radical (unpaired) electrons. The van der Waals surface area contributed by atoms with E-state index < -0.39 is 0 Å². The molecular formula is C13H16BrClN2O. The summed E-state index contributed by atoms with van der Waals surface area (Å²) in [4.78, 5) is 18.4. The highest BCUT2D eigenvalue weighted by molar-refractivity contribution is 9.10. The average Bonchev–Trinajstić information content (AvgIpc) is 2.83. The van der Waals surface area contributed by atoms with Gasteiger partial charge in [-0.3, -0.25) is 9.78 Å². The van der Waals surface area contributed by atoms with Crippen molar-refractivity contribution in [3.63, 3.8) is 0 Å². The fourth-order valence-electron chi connectivity index (χ4n) is 2.41. The molecule has 1 amide bonds. The van der Waals surface area contributed by atoms with Crippen molar-refractivity contribution in [1.29, 1.82) is 0 Å². The molecule has 1 atom stereocenters. The molecule has 1 aromatic rings. The van der Waals surface area contributed by atoms with E-state index in [1.54, 1.807) is 12.4 Å². The molecule has 1 aromatic heterocycles. The van der Waals surface area contributed by atoms with Crippen LogP contribution in [0.25, 0.3) is 0 Å². The predicted octanol–water partition coefficient (Wildman–Crippen LogP) is 3.47. The first-order chi connectivity index (χ1) is 8.72. The molecule has 1 saturated heterocycles. The molecule has 0 saturated carbocycles. The molecule has 1 fully saturated rings. The third kappa shape index (κ3) is 3.23. The highest BCUT2D eigenvalue weighted by atomic mass is 79.9. The molecule has 1 unspecified atom stereocenters. The minimum absolute atomic E-state index is 0.0841. The molecule has 0 N–H and O–H groups in total. The number of carbonyl (C=O) groups excluding carboxylic acids is 1. The van der Waals surface area contributed by atoms with Gasteiger partial charge < -0.3 is 4.90 Å². The van der Waals surface area contributed by atoms with E-state index in [-0.39, 0.29) is 5.91 Å². The minimum atomic E-state index is 0.0841. The lowest BCUT2D eigenvalue weighted by Gasteiger charge is -2.24. The second-order valence-electron chi connectivity index (χ2n) is 4.52. The van der Waals surface area contributed by atoms with Crippen LogP contribution in [-0.2, 0) is 0 Å². The van der Waals surface area contributed by atoms with Crippen LogP contribution in [-0.4, -0.2) is 34.3 Å². The second kappa shape index (κ2) is 6.53. The van der Waals surface area contributed by atoms with Gasteiger partial charge in [-0.15, -0.1) is 11.6 Å². The fraction of sp³-hybridized carbons (Fsp3) is 0.538. The molecule has 3 nitrogen and oxygen atoms in total. The number of amides is 1. The van der Waals surface area contributed by atoms with Gasteiger partial charge in [-0.1, -0.05) is 0 Å².